The van der Waals surface area contributed by atoms with Crippen molar-refractivity contribution >= 4 is 5.91 Å². The molecule has 1 heterocycles. The maximum atomic E-state index is 13.3. The molecule has 27 heavy (non-hydrogen) atoms. The second-order valence-corrected chi connectivity index (χ2v) is 8.30. The minimum Gasteiger partial charge on any atom is -0.379 e. The summed E-state index contributed by atoms with van der Waals surface area (Å²) in [6.07, 6.45) is 8.31. The third kappa shape index (κ3) is 4.44. The van der Waals surface area contributed by atoms with Crippen molar-refractivity contribution in [3.63, 3.8) is 0 Å². The van der Waals surface area contributed by atoms with E-state index in [2.05, 4.69) is 41.0 Å². The van der Waals surface area contributed by atoms with Crippen LogP contribution in [0.5, 0.6) is 0 Å². The molecule has 2 aliphatic carbocycles. The minimum absolute atomic E-state index is 0.192. The number of carbonyl (C=O) groups is 1. The number of hydrogen-bond acceptors (Lipinski definition) is 3. The SMILES string of the molecule is CCc1ccc(C(=O)N(CCN2CCOCC2)CC2CC3C=CC2C3)cc1. The number of ether oxygens (including phenoxy) is 1. The summed E-state index contributed by atoms with van der Waals surface area (Å²) in [5.41, 5.74) is 2.11. The molecule has 4 heteroatoms. The molecule has 1 saturated carbocycles. The summed E-state index contributed by atoms with van der Waals surface area (Å²) in [5, 5.41) is 0. The topological polar surface area (TPSA) is 32.8 Å². The maximum absolute atomic E-state index is 13.3. The van der Waals surface area contributed by atoms with E-state index in [0.29, 0.717) is 11.8 Å². The summed E-state index contributed by atoms with van der Waals surface area (Å²) < 4.78 is 5.46. The highest BCUT2D eigenvalue weighted by atomic mass is 16.5. The molecule has 1 amide bonds. The van der Waals surface area contributed by atoms with Crippen molar-refractivity contribution in [2.24, 2.45) is 17.8 Å². The first-order chi connectivity index (χ1) is 13.2. The molecule has 3 aliphatic rings. The fourth-order valence-electron chi connectivity index (χ4n) is 4.82. The number of rotatable bonds is 7. The molecule has 146 valence electrons. The van der Waals surface area contributed by atoms with Gasteiger partial charge in [0.1, 0.15) is 0 Å². The van der Waals surface area contributed by atoms with Crippen LogP contribution in [0.15, 0.2) is 36.4 Å². The number of aryl methyl sites for hydroxylation is 1. The van der Waals surface area contributed by atoms with Crippen LogP contribution in [0.1, 0.15) is 35.7 Å². The van der Waals surface area contributed by atoms with Crippen LogP contribution < -0.4 is 0 Å². The molecule has 3 atom stereocenters. The van der Waals surface area contributed by atoms with Crippen molar-refractivity contribution in [3.8, 4) is 0 Å². The summed E-state index contributed by atoms with van der Waals surface area (Å²) in [5.74, 6) is 2.25. The molecular formula is C23H32N2O2. The van der Waals surface area contributed by atoms with Crippen LogP contribution in [0.2, 0.25) is 0 Å². The van der Waals surface area contributed by atoms with Gasteiger partial charge in [-0.05, 0) is 54.7 Å². The molecule has 4 nitrogen and oxygen atoms in total. The smallest absolute Gasteiger partial charge is 0.253 e. The number of nitrogens with zero attached hydrogens (tertiary/aromatic N) is 2. The summed E-state index contributed by atoms with van der Waals surface area (Å²) in [6, 6.07) is 8.19. The van der Waals surface area contributed by atoms with Gasteiger partial charge in [-0.1, -0.05) is 31.2 Å². The zero-order valence-corrected chi connectivity index (χ0v) is 16.5. The Kier molecular flexibility index (Phi) is 5.94. The van der Waals surface area contributed by atoms with E-state index in [0.717, 1.165) is 63.8 Å². The van der Waals surface area contributed by atoms with Crippen molar-refractivity contribution in [2.75, 3.05) is 45.9 Å². The number of morpholine rings is 1. The van der Waals surface area contributed by atoms with Gasteiger partial charge >= 0.3 is 0 Å². The molecule has 0 N–H and O–H groups in total. The van der Waals surface area contributed by atoms with Crippen LogP contribution >= 0.6 is 0 Å². The molecule has 0 aromatic heterocycles. The lowest BCUT2D eigenvalue weighted by Gasteiger charge is -2.32. The van der Waals surface area contributed by atoms with E-state index in [1.54, 1.807) is 0 Å². The van der Waals surface area contributed by atoms with E-state index in [-0.39, 0.29) is 5.91 Å². The van der Waals surface area contributed by atoms with Crippen LogP contribution in [0, 0.1) is 17.8 Å². The van der Waals surface area contributed by atoms with Crippen LogP contribution in [-0.4, -0.2) is 61.6 Å². The standard InChI is InChI=1S/C23H32N2O2/c1-2-18-3-6-20(7-4-18)23(26)25(10-9-24-11-13-27-14-12-24)17-22-16-19-5-8-21(22)15-19/h3-8,19,21-22H,2,9-17H2,1H3. The van der Waals surface area contributed by atoms with Gasteiger partial charge in [0.05, 0.1) is 13.2 Å². The third-order valence-corrected chi connectivity index (χ3v) is 6.56. The van der Waals surface area contributed by atoms with Gasteiger partial charge in [0.15, 0.2) is 0 Å². The fourth-order valence-corrected chi connectivity index (χ4v) is 4.82. The van der Waals surface area contributed by atoms with Gasteiger partial charge in [-0.25, -0.2) is 0 Å². The van der Waals surface area contributed by atoms with E-state index in [1.807, 2.05) is 12.1 Å². The van der Waals surface area contributed by atoms with Crippen LogP contribution in [0.4, 0.5) is 0 Å². The van der Waals surface area contributed by atoms with E-state index in [9.17, 15) is 4.79 Å². The molecule has 3 unspecified atom stereocenters. The van der Waals surface area contributed by atoms with Gasteiger partial charge in [-0.3, -0.25) is 9.69 Å². The lowest BCUT2D eigenvalue weighted by atomic mass is 9.93. The van der Waals surface area contributed by atoms with Gasteiger partial charge in [0, 0.05) is 38.3 Å². The van der Waals surface area contributed by atoms with Gasteiger partial charge < -0.3 is 9.64 Å². The maximum Gasteiger partial charge on any atom is 0.253 e. The van der Waals surface area contributed by atoms with Crippen molar-refractivity contribution in [1.82, 2.24) is 9.80 Å². The highest BCUT2D eigenvalue weighted by Crippen LogP contribution is 2.43. The lowest BCUT2D eigenvalue weighted by Crippen LogP contribution is -2.44. The first-order valence-electron chi connectivity index (χ1n) is 10.6. The second-order valence-electron chi connectivity index (χ2n) is 8.30. The predicted molar refractivity (Wildman–Crippen MR) is 108 cm³/mol. The van der Waals surface area contributed by atoms with Crippen molar-refractivity contribution in [3.05, 3.63) is 47.5 Å². The Balaban J connectivity index is 1.43. The second kappa shape index (κ2) is 8.57. The summed E-state index contributed by atoms with van der Waals surface area (Å²) in [6.45, 7) is 8.37. The summed E-state index contributed by atoms with van der Waals surface area (Å²) in [4.78, 5) is 17.8. The Hall–Kier alpha value is -1.65. The highest BCUT2D eigenvalue weighted by molar-refractivity contribution is 5.94. The number of hydrogen-bond donors (Lipinski definition) is 0. The Morgan fingerprint density at radius 2 is 1.93 bits per heavy atom. The Morgan fingerprint density at radius 3 is 2.56 bits per heavy atom. The summed E-state index contributed by atoms with van der Waals surface area (Å²) in [7, 11) is 0. The zero-order chi connectivity index (χ0) is 18.6. The van der Waals surface area contributed by atoms with E-state index >= 15 is 0 Å². The van der Waals surface area contributed by atoms with Gasteiger partial charge in [-0.15, -0.1) is 0 Å². The van der Waals surface area contributed by atoms with Gasteiger partial charge in [0.2, 0.25) is 0 Å². The van der Waals surface area contributed by atoms with Crippen molar-refractivity contribution < 1.29 is 9.53 Å². The Bertz CT molecular complexity index is 663. The Labute approximate surface area is 163 Å². The zero-order valence-electron chi connectivity index (χ0n) is 16.5. The average molecular weight is 369 g/mol. The van der Waals surface area contributed by atoms with Crippen LogP contribution in [-0.2, 0) is 11.2 Å². The molecular weight excluding hydrogens is 336 g/mol. The van der Waals surface area contributed by atoms with Crippen molar-refractivity contribution in [1.29, 1.82) is 0 Å². The first-order valence-corrected chi connectivity index (χ1v) is 10.6. The molecule has 1 aromatic carbocycles. The van der Waals surface area contributed by atoms with Crippen molar-refractivity contribution in [2.45, 2.75) is 26.2 Å². The fraction of sp³-hybridized carbons (Fsp3) is 0.609. The number of allylic oxidation sites excluding steroid dienone is 2. The lowest BCUT2D eigenvalue weighted by molar-refractivity contribution is 0.0313. The minimum atomic E-state index is 0.192. The van der Waals surface area contributed by atoms with E-state index in [4.69, 9.17) is 4.74 Å². The van der Waals surface area contributed by atoms with E-state index in [1.165, 1.54) is 18.4 Å². The molecule has 2 fully saturated rings. The number of amides is 1. The molecule has 1 aliphatic heterocycles. The quantitative estimate of drug-likeness (QED) is 0.693. The molecule has 1 aromatic rings. The molecule has 4 rings (SSSR count). The first kappa shape index (κ1) is 18.7. The monoisotopic (exact) mass is 368 g/mol. The largest absolute Gasteiger partial charge is 0.379 e. The Morgan fingerprint density at radius 1 is 1.15 bits per heavy atom. The van der Waals surface area contributed by atoms with Gasteiger partial charge in [0.25, 0.3) is 5.91 Å². The number of benzene rings is 1. The normalized spacial score (nSPS) is 27.2. The van der Waals surface area contributed by atoms with E-state index < -0.39 is 0 Å². The average Bonchev–Trinajstić information content (AvgIpc) is 3.34. The van der Waals surface area contributed by atoms with Crippen LogP contribution in [0.25, 0.3) is 0 Å². The third-order valence-electron chi connectivity index (χ3n) is 6.56. The number of carbonyl (C=O) groups excluding carboxylic acids is 1. The van der Waals surface area contributed by atoms with Gasteiger partial charge in [-0.2, -0.15) is 0 Å². The molecule has 0 spiro atoms. The molecule has 1 saturated heterocycles. The number of fused-ring (bicyclic) bond motifs is 2. The highest BCUT2D eigenvalue weighted by Gasteiger charge is 2.37. The molecule has 0 radical (unpaired) electrons. The van der Waals surface area contributed by atoms with Crippen LogP contribution in [0.3, 0.4) is 0 Å². The predicted octanol–water partition coefficient (Wildman–Crippen LogP) is 3.24. The summed E-state index contributed by atoms with van der Waals surface area (Å²) >= 11 is 0. The molecule has 2 bridgehead atoms.